The molecule has 0 saturated carbocycles. The molecule has 24 heavy (non-hydrogen) atoms. The van der Waals surface area contributed by atoms with Crippen LogP contribution in [0, 0.1) is 13.8 Å². The lowest BCUT2D eigenvalue weighted by Crippen LogP contribution is -2.51. The molecule has 0 bridgehead atoms. The molecule has 0 spiro atoms. The lowest BCUT2D eigenvalue weighted by atomic mass is 9.93. The lowest BCUT2D eigenvalue weighted by Gasteiger charge is -2.31. The summed E-state index contributed by atoms with van der Waals surface area (Å²) >= 11 is 0. The van der Waals surface area contributed by atoms with Crippen molar-refractivity contribution < 1.29 is 23.1 Å². The van der Waals surface area contributed by atoms with Crippen molar-refractivity contribution in [2.75, 3.05) is 6.54 Å². The molecule has 0 fully saturated rings. The molecule has 1 aromatic carbocycles. The maximum atomic E-state index is 13.4. The van der Waals surface area contributed by atoms with Crippen LogP contribution in [0.3, 0.4) is 0 Å². The number of alkyl halides is 3. The van der Waals surface area contributed by atoms with Gasteiger partial charge in [0.15, 0.2) is 0 Å². The molecule has 2 aromatic rings. The van der Waals surface area contributed by atoms with E-state index < -0.39 is 24.2 Å². The quantitative estimate of drug-likeness (QED) is 0.901. The van der Waals surface area contributed by atoms with Gasteiger partial charge in [0.2, 0.25) is 5.60 Å². The van der Waals surface area contributed by atoms with Gasteiger partial charge in [-0.3, -0.25) is 9.78 Å². The first kappa shape index (κ1) is 17.9. The summed E-state index contributed by atoms with van der Waals surface area (Å²) in [5, 5.41) is 12.3. The van der Waals surface area contributed by atoms with E-state index in [1.165, 1.54) is 36.4 Å². The smallest absolute Gasteiger partial charge is 0.375 e. The summed E-state index contributed by atoms with van der Waals surface area (Å²) in [6, 6.07) is 9.60. The van der Waals surface area contributed by atoms with E-state index in [9.17, 15) is 23.1 Å². The summed E-state index contributed by atoms with van der Waals surface area (Å²) in [6.07, 6.45) is -4.94. The number of hydrogen-bond donors (Lipinski definition) is 2. The number of halogens is 3. The maximum absolute atomic E-state index is 13.4. The summed E-state index contributed by atoms with van der Waals surface area (Å²) in [7, 11) is 0. The molecule has 0 saturated heterocycles. The first-order valence-electron chi connectivity index (χ1n) is 7.21. The molecule has 7 heteroatoms. The zero-order valence-electron chi connectivity index (χ0n) is 13.2. The molecule has 0 aliphatic heterocycles. The summed E-state index contributed by atoms with van der Waals surface area (Å²) < 4.78 is 40.1. The molecular weight excluding hydrogens is 321 g/mol. The van der Waals surface area contributed by atoms with Gasteiger partial charge in [-0.15, -0.1) is 0 Å². The molecule has 0 aliphatic carbocycles. The van der Waals surface area contributed by atoms with Gasteiger partial charge < -0.3 is 10.4 Å². The second-order valence-corrected chi connectivity index (χ2v) is 5.55. The van der Waals surface area contributed by atoms with Crippen molar-refractivity contribution >= 4 is 5.91 Å². The van der Waals surface area contributed by atoms with Gasteiger partial charge in [0, 0.05) is 17.0 Å². The van der Waals surface area contributed by atoms with Crippen molar-refractivity contribution in [1.29, 1.82) is 0 Å². The SMILES string of the molecule is Cc1cc(C(=O)NCC(O)(c2ccccc2)C(F)(F)F)cc(C)n1. The molecule has 0 aliphatic rings. The minimum atomic E-state index is -4.94. The highest BCUT2D eigenvalue weighted by atomic mass is 19.4. The third-order valence-corrected chi connectivity index (χ3v) is 3.57. The first-order chi connectivity index (χ1) is 11.1. The predicted octanol–water partition coefficient (Wildman–Crippen LogP) is 2.88. The Kier molecular flexibility index (Phi) is 4.94. The molecule has 0 radical (unpaired) electrons. The van der Waals surface area contributed by atoms with Crippen molar-refractivity contribution in [3.63, 3.8) is 0 Å². The van der Waals surface area contributed by atoms with E-state index in [0.717, 1.165) is 0 Å². The number of pyridine rings is 1. The minimum absolute atomic E-state index is 0.192. The number of carbonyl (C=O) groups excluding carboxylic acids is 1. The van der Waals surface area contributed by atoms with Gasteiger partial charge in [-0.1, -0.05) is 30.3 Å². The predicted molar refractivity (Wildman–Crippen MR) is 82.4 cm³/mol. The molecular formula is C17H17F3N2O2. The van der Waals surface area contributed by atoms with Gasteiger partial charge in [0.1, 0.15) is 0 Å². The van der Waals surface area contributed by atoms with Gasteiger partial charge in [0.25, 0.3) is 5.91 Å². The molecule has 4 nitrogen and oxygen atoms in total. The van der Waals surface area contributed by atoms with E-state index in [2.05, 4.69) is 10.3 Å². The number of amides is 1. The van der Waals surface area contributed by atoms with E-state index in [0.29, 0.717) is 11.4 Å². The molecule has 1 heterocycles. The normalized spacial score (nSPS) is 14.1. The fourth-order valence-electron chi connectivity index (χ4n) is 2.36. The number of aromatic nitrogens is 1. The largest absolute Gasteiger partial charge is 0.423 e. The van der Waals surface area contributed by atoms with Crippen LogP contribution >= 0.6 is 0 Å². The second-order valence-electron chi connectivity index (χ2n) is 5.55. The Balaban J connectivity index is 2.24. The van der Waals surface area contributed by atoms with Crippen LogP contribution in [0.15, 0.2) is 42.5 Å². The Hall–Kier alpha value is -2.41. The van der Waals surface area contributed by atoms with Gasteiger partial charge in [-0.2, -0.15) is 13.2 Å². The maximum Gasteiger partial charge on any atom is 0.423 e. The molecule has 1 aromatic heterocycles. The zero-order valence-corrected chi connectivity index (χ0v) is 13.2. The first-order valence-corrected chi connectivity index (χ1v) is 7.21. The summed E-state index contributed by atoms with van der Waals surface area (Å²) in [4.78, 5) is 16.2. The van der Waals surface area contributed by atoms with E-state index in [1.54, 1.807) is 19.9 Å². The van der Waals surface area contributed by atoms with Crippen molar-refractivity contribution in [3.05, 3.63) is 65.0 Å². The summed E-state index contributed by atoms with van der Waals surface area (Å²) in [5.74, 6) is -0.706. The third kappa shape index (κ3) is 3.73. The number of aryl methyl sites for hydroxylation is 2. The van der Waals surface area contributed by atoms with Crippen LogP contribution in [0.1, 0.15) is 27.3 Å². The zero-order chi connectivity index (χ0) is 18.0. The highest BCUT2D eigenvalue weighted by Crippen LogP contribution is 2.38. The third-order valence-electron chi connectivity index (χ3n) is 3.57. The highest BCUT2D eigenvalue weighted by molar-refractivity contribution is 5.94. The van der Waals surface area contributed by atoms with E-state index in [-0.39, 0.29) is 11.1 Å². The van der Waals surface area contributed by atoms with Crippen molar-refractivity contribution in [3.8, 4) is 0 Å². The average molecular weight is 338 g/mol. The minimum Gasteiger partial charge on any atom is -0.375 e. The number of aliphatic hydroxyl groups is 1. The van der Waals surface area contributed by atoms with Crippen LogP contribution in [0.5, 0.6) is 0 Å². The van der Waals surface area contributed by atoms with Gasteiger partial charge in [0.05, 0.1) is 6.54 Å². The molecule has 2 rings (SSSR count). The van der Waals surface area contributed by atoms with Crippen molar-refractivity contribution in [2.24, 2.45) is 0 Å². The second kappa shape index (κ2) is 6.60. The topological polar surface area (TPSA) is 62.2 Å². The Bertz CT molecular complexity index is 712. The van der Waals surface area contributed by atoms with Crippen LogP contribution in [0.4, 0.5) is 13.2 Å². The van der Waals surface area contributed by atoms with Crippen LogP contribution in [0.25, 0.3) is 0 Å². The van der Waals surface area contributed by atoms with Crippen LogP contribution < -0.4 is 5.32 Å². The fourth-order valence-corrected chi connectivity index (χ4v) is 2.36. The molecule has 1 amide bonds. The highest BCUT2D eigenvalue weighted by Gasteiger charge is 2.55. The Labute approximate surface area is 137 Å². The van der Waals surface area contributed by atoms with Gasteiger partial charge >= 0.3 is 6.18 Å². The molecule has 128 valence electrons. The number of carbonyl (C=O) groups is 1. The Morgan fingerprint density at radius 1 is 1.12 bits per heavy atom. The Morgan fingerprint density at radius 3 is 2.17 bits per heavy atom. The molecule has 1 unspecified atom stereocenters. The molecule has 1 atom stereocenters. The van der Waals surface area contributed by atoms with E-state index in [4.69, 9.17) is 0 Å². The number of nitrogens with zero attached hydrogens (tertiary/aromatic N) is 1. The van der Waals surface area contributed by atoms with Crippen LogP contribution in [-0.2, 0) is 5.60 Å². The van der Waals surface area contributed by atoms with Crippen molar-refractivity contribution in [2.45, 2.75) is 25.6 Å². The lowest BCUT2D eigenvalue weighted by molar-refractivity contribution is -0.263. The van der Waals surface area contributed by atoms with Crippen LogP contribution in [0.2, 0.25) is 0 Å². The van der Waals surface area contributed by atoms with Crippen molar-refractivity contribution in [1.82, 2.24) is 10.3 Å². The number of hydrogen-bond acceptors (Lipinski definition) is 3. The standard InChI is InChI=1S/C17H17F3N2O2/c1-11-8-13(9-12(2)22-11)15(23)21-10-16(24,17(18,19)20)14-6-4-3-5-7-14/h3-9,24H,10H2,1-2H3,(H,21,23). The van der Waals surface area contributed by atoms with E-state index in [1.807, 2.05) is 0 Å². The average Bonchev–Trinajstić information content (AvgIpc) is 2.51. The monoisotopic (exact) mass is 338 g/mol. The van der Waals surface area contributed by atoms with Gasteiger partial charge in [-0.05, 0) is 31.5 Å². The molecule has 2 N–H and O–H groups in total. The van der Waals surface area contributed by atoms with Crippen LogP contribution in [-0.4, -0.2) is 28.7 Å². The number of nitrogens with one attached hydrogen (secondary N) is 1. The van der Waals surface area contributed by atoms with E-state index >= 15 is 0 Å². The van der Waals surface area contributed by atoms with Gasteiger partial charge in [-0.25, -0.2) is 0 Å². The Morgan fingerprint density at radius 2 is 1.67 bits per heavy atom. The fraction of sp³-hybridized carbons (Fsp3) is 0.294. The number of benzene rings is 1. The number of rotatable bonds is 4. The summed E-state index contributed by atoms with van der Waals surface area (Å²) in [6.45, 7) is 2.37. The summed E-state index contributed by atoms with van der Waals surface area (Å²) in [5.41, 5.74) is -2.15.